The van der Waals surface area contributed by atoms with E-state index in [0.717, 1.165) is 29.2 Å². The molecular weight excluding hydrogens is 410 g/mol. The zero-order valence-corrected chi connectivity index (χ0v) is 18.1. The van der Waals surface area contributed by atoms with E-state index in [2.05, 4.69) is 15.2 Å². The molecule has 1 unspecified atom stereocenters. The fourth-order valence-corrected chi connectivity index (χ4v) is 4.14. The van der Waals surface area contributed by atoms with Crippen molar-refractivity contribution in [3.8, 4) is 5.75 Å². The Balaban J connectivity index is 1.37. The summed E-state index contributed by atoms with van der Waals surface area (Å²) in [6.45, 7) is 3.00. The smallest absolute Gasteiger partial charge is 0.251 e. The molecule has 2 heterocycles. The van der Waals surface area contributed by atoms with Crippen LogP contribution in [0.5, 0.6) is 5.75 Å². The van der Waals surface area contributed by atoms with E-state index in [1.54, 1.807) is 24.5 Å². The SMILES string of the molecule is O=C(NCC(c1ccccc1Cl)N1CCCC1)c1ccc(OCc2cccnc2)cc1. The van der Waals surface area contributed by atoms with Crippen LogP contribution in [0.3, 0.4) is 0 Å². The van der Waals surface area contributed by atoms with Gasteiger partial charge in [-0.15, -0.1) is 0 Å². The highest BCUT2D eigenvalue weighted by Crippen LogP contribution is 2.29. The van der Waals surface area contributed by atoms with Gasteiger partial charge in [0.2, 0.25) is 0 Å². The van der Waals surface area contributed by atoms with Crippen LogP contribution in [-0.4, -0.2) is 35.4 Å². The number of amides is 1. The first-order chi connectivity index (χ1) is 15.2. The van der Waals surface area contributed by atoms with E-state index in [1.807, 2.05) is 48.5 Å². The first-order valence-electron chi connectivity index (χ1n) is 10.6. The fraction of sp³-hybridized carbons (Fsp3) is 0.280. The molecule has 1 aliphatic heterocycles. The van der Waals surface area contributed by atoms with Crippen LogP contribution in [0.25, 0.3) is 0 Å². The third kappa shape index (κ3) is 5.63. The van der Waals surface area contributed by atoms with Gasteiger partial charge in [-0.1, -0.05) is 35.9 Å². The second kappa shape index (κ2) is 10.4. The summed E-state index contributed by atoms with van der Waals surface area (Å²) < 4.78 is 5.77. The summed E-state index contributed by atoms with van der Waals surface area (Å²) in [4.78, 5) is 19.2. The third-order valence-corrected chi connectivity index (χ3v) is 5.89. The van der Waals surface area contributed by atoms with Crippen LogP contribution in [0.15, 0.2) is 73.1 Å². The van der Waals surface area contributed by atoms with E-state index in [9.17, 15) is 4.79 Å². The van der Waals surface area contributed by atoms with Crippen molar-refractivity contribution >= 4 is 17.5 Å². The van der Waals surface area contributed by atoms with E-state index in [1.165, 1.54) is 12.8 Å². The Morgan fingerprint density at radius 2 is 1.84 bits per heavy atom. The van der Waals surface area contributed by atoms with Gasteiger partial charge in [0.1, 0.15) is 12.4 Å². The van der Waals surface area contributed by atoms with Crippen LogP contribution < -0.4 is 10.1 Å². The number of likely N-dealkylation sites (tertiary alicyclic amines) is 1. The second-order valence-corrected chi connectivity index (χ2v) is 8.07. The number of nitrogens with one attached hydrogen (secondary N) is 1. The van der Waals surface area contributed by atoms with Crippen molar-refractivity contribution in [2.24, 2.45) is 0 Å². The molecule has 3 aromatic rings. The molecule has 0 saturated carbocycles. The summed E-state index contributed by atoms with van der Waals surface area (Å²) >= 11 is 6.46. The molecular formula is C25H26ClN3O2. The van der Waals surface area contributed by atoms with Gasteiger partial charge in [0.15, 0.2) is 0 Å². The van der Waals surface area contributed by atoms with Crippen LogP contribution in [0.2, 0.25) is 5.02 Å². The van der Waals surface area contributed by atoms with Gasteiger partial charge in [-0.05, 0) is 67.9 Å². The van der Waals surface area contributed by atoms with Crippen molar-refractivity contribution < 1.29 is 9.53 Å². The first kappa shape index (κ1) is 21.3. The number of carbonyl (C=O) groups excluding carboxylic acids is 1. The Kier molecular flexibility index (Phi) is 7.18. The molecule has 5 nitrogen and oxygen atoms in total. The van der Waals surface area contributed by atoms with Crippen LogP contribution >= 0.6 is 11.6 Å². The molecule has 31 heavy (non-hydrogen) atoms. The number of halogens is 1. The minimum absolute atomic E-state index is 0.0715. The predicted molar refractivity (Wildman–Crippen MR) is 122 cm³/mol. The summed E-state index contributed by atoms with van der Waals surface area (Å²) in [5.74, 6) is 0.612. The fourth-order valence-electron chi connectivity index (χ4n) is 3.88. The highest BCUT2D eigenvalue weighted by atomic mass is 35.5. The van der Waals surface area contributed by atoms with E-state index < -0.39 is 0 Å². The molecule has 160 valence electrons. The average Bonchev–Trinajstić information content (AvgIpc) is 3.34. The van der Waals surface area contributed by atoms with Gasteiger partial charge in [0, 0.05) is 35.1 Å². The van der Waals surface area contributed by atoms with Crippen molar-refractivity contribution in [3.63, 3.8) is 0 Å². The van der Waals surface area contributed by atoms with Crippen molar-refractivity contribution in [2.75, 3.05) is 19.6 Å². The van der Waals surface area contributed by atoms with Gasteiger partial charge < -0.3 is 10.1 Å². The molecule has 1 aromatic heterocycles. The number of nitrogens with zero attached hydrogens (tertiary/aromatic N) is 2. The maximum Gasteiger partial charge on any atom is 0.251 e. The number of pyridine rings is 1. The number of ether oxygens (including phenoxy) is 1. The Morgan fingerprint density at radius 1 is 1.06 bits per heavy atom. The minimum atomic E-state index is -0.102. The summed E-state index contributed by atoms with van der Waals surface area (Å²) in [7, 11) is 0. The molecule has 0 radical (unpaired) electrons. The predicted octanol–water partition coefficient (Wildman–Crippen LogP) is 4.88. The van der Waals surface area contributed by atoms with E-state index in [0.29, 0.717) is 24.5 Å². The Hall–Kier alpha value is -2.89. The lowest BCUT2D eigenvalue weighted by atomic mass is 10.0. The van der Waals surface area contributed by atoms with E-state index >= 15 is 0 Å². The molecule has 6 heteroatoms. The second-order valence-electron chi connectivity index (χ2n) is 7.66. The normalized spacial score (nSPS) is 14.9. The summed E-state index contributed by atoms with van der Waals surface area (Å²) in [5, 5.41) is 3.83. The Bertz CT molecular complexity index is 989. The zero-order chi connectivity index (χ0) is 21.5. The lowest BCUT2D eigenvalue weighted by molar-refractivity contribution is 0.0938. The molecule has 0 aliphatic carbocycles. The molecule has 1 fully saturated rings. The molecule has 0 spiro atoms. The molecule has 1 N–H and O–H groups in total. The molecule has 2 aromatic carbocycles. The van der Waals surface area contributed by atoms with Gasteiger partial charge >= 0.3 is 0 Å². The van der Waals surface area contributed by atoms with Crippen molar-refractivity contribution in [2.45, 2.75) is 25.5 Å². The first-order valence-corrected chi connectivity index (χ1v) is 11.0. The van der Waals surface area contributed by atoms with Crippen LogP contribution in [-0.2, 0) is 6.61 Å². The number of carbonyl (C=O) groups is 1. The molecule has 4 rings (SSSR count). The third-order valence-electron chi connectivity index (χ3n) is 5.55. The largest absolute Gasteiger partial charge is 0.489 e. The summed E-state index contributed by atoms with van der Waals surface area (Å²) in [5.41, 5.74) is 2.66. The molecule has 1 aliphatic rings. The minimum Gasteiger partial charge on any atom is -0.489 e. The molecule has 0 bridgehead atoms. The maximum absolute atomic E-state index is 12.8. The Labute approximate surface area is 188 Å². The number of hydrogen-bond donors (Lipinski definition) is 1. The number of benzene rings is 2. The lowest BCUT2D eigenvalue weighted by Crippen LogP contribution is -2.37. The van der Waals surface area contributed by atoms with Gasteiger partial charge in [0.25, 0.3) is 5.91 Å². The van der Waals surface area contributed by atoms with E-state index in [4.69, 9.17) is 16.3 Å². The monoisotopic (exact) mass is 435 g/mol. The quantitative estimate of drug-likeness (QED) is 0.547. The van der Waals surface area contributed by atoms with Gasteiger partial charge in [0.05, 0.1) is 6.04 Å². The van der Waals surface area contributed by atoms with Crippen LogP contribution in [0, 0.1) is 0 Å². The van der Waals surface area contributed by atoms with Crippen LogP contribution in [0.1, 0.15) is 40.4 Å². The van der Waals surface area contributed by atoms with Gasteiger partial charge in [-0.2, -0.15) is 0 Å². The summed E-state index contributed by atoms with van der Waals surface area (Å²) in [6, 6.07) is 19.0. The number of rotatable bonds is 8. The lowest BCUT2D eigenvalue weighted by Gasteiger charge is -2.29. The van der Waals surface area contributed by atoms with Crippen molar-refractivity contribution in [3.05, 3.63) is 94.8 Å². The summed E-state index contributed by atoms with van der Waals surface area (Å²) in [6.07, 6.45) is 5.86. The van der Waals surface area contributed by atoms with Gasteiger partial charge in [-0.25, -0.2) is 0 Å². The molecule has 1 amide bonds. The topological polar surface area (TPSA) is 54.5 Å². The highest BCUT2D eigenvalue weighted by molar-refractivity contribution is 6.31. The average molecular weight is 436 g/mol. The molecule has 1 atom stereocenters. The van der Waals surface area contributed by atoms with Crippen molar-refractivity contribution in [1.29, 1.82) is 0 Å². The van der Waals surface area contributed by atoms with Crippen molar-refractivity contribution in [1.82, 2.24) is 15.2 Å². The maximum atomic E-state index is 12.8. The standard InChI is InChI=1S/C25H26ClN3O2/c26-23-8-2-1-7-22(23)24(29-14-3-4-15-29)17-28-25(30)20-9-11-21(12-10-20)31-18-19-6-5-13-27-16-19/h1-2,5-13,16,24H,3-4,14-15,17-18H2,(H,28,30). The number of hydrogen-bond acceptors (Lipinski definition) is 4. The highest BCUT2D eigenvalue weighted by Gasteiger charge is 2.25. The van der Waals surface area contributed by atoms with E-state index in [-0.39, 0.29) is 11.9 Å². The van der Waals surface area contributed by atoms with Gasteiger partial charge in [-0.3, -0.25) is 14.7 Å². The zero-order valence-electron chi connectivity index (χ0n) is 17.3. The van der Waals surface area contributed by atoms with Crippen LogP contribution in [0.4, 0.5) is 0 Å². The molecule has 1 saturated heterocycles. The Morgan fingerprint density at radius 3 is 2.55 bits per heavy atom. The number of aromatic nitrogens is 1.